The van der Waals surface area contributed by atoms with Gasteiger partial charge in [0.15, 0.2) is 16.6 Å². The number of hydrazone groups is 1. The molecule has 0 spiro atoms. The molecular weight excluding hydrogens is 532 g/mol. The number of ether oxygens (including phenoxy) is 2. The quantitative estimate of drug-likeness (QED) is 0.128. The third-order valence-corrected chi connectivity index (χ3v) is 6.89. The zero-order valence-electron chi connectivity index (χ0n) is 22.8. The fourth-order valence-electron chi connectivity index (χ4n) is 3.97. The standard InChI is InChI=1S/C33H30N4O3S/c1-3-39-31-19-25(11-18-30(31)40-21-24-7-5-4-6-8-24)20-34-37-32(38)27-14-12-26(13-15-27)29-22-41-33(36-29)35-28-16-9-23(2)10-17-28/h4-20,22H,3,21H2,1-2H3,(H,35,36)(H,37,38)/b34-20-. The van der Waals surface area contributed by atoms with Crippen molar-refractivity contribution in [2.45, 2.75) is 20.5 Å². The minimum absolute atomic E-state index is 0.305. The highest BCUT2D eigenvalue weighted by Crippen LogP contribution is 2.29. The lowest BCUT2D eigenvalue weighted by Crippen LogP contribution is -2.17. The Bertz CT molecular complexity index is 1620. The highest BCUT2D eigenvalue weighted by Gasteiger charge is 2.09. The Kier molecular flexibility index (Phi) is 9.03. The number of aryl methyl sites for hydroxylation is 1. The summed E-state index contributed by atoms with van der Waals surface area (Å²) in [5, 5.41) is 10.3. The van der Waals surface area contributed by atoms with Gasteiger partial charge >= 0.3 is 0 Å². The maximum atomic E-state index is 12.7. The van der Waals surface area contributed by atoms with E-state index in [9.17, 15) is 4.79 Å². The molecule has 0 saturated carbocycles. The minimum Gasteiger partial charge on any atom is -0.490 e. The molecule has 0 fully saturated rings. The van der Waals surface area contributed by atoms with Gasteiger partial charge in [0.1, 0.15) is 6.61 Å². The second-order valence-electron chi connectivity index (χ2n) is 9.22. The number of rotatable bonds is 11. The molecule has 4 aromatic carbocycles. The fourth-order valence-corrected chi connectivity index (χ4v) is 4.71. The second kappa shape index (κ2) is 13.4. The van der Waals surface area contributed by atoms with Gasteiger partial charge < -0.3 is 14.8 Å². The Hall–Kier alpha value is -4.95. The number of hydrogen-bond donors (Lipinski definition) is 2. The molecule has 0 bridgehead atoms. The van der Waals surface area contributed by atoms with E-state index in [1.165, 1.54) is 16.9 Å². The van der Waals surface area contributed by atoms with Crippen LogP contribution in [0.15, 0.2) is 108 Å². The molecule has 8 heteroatoms. The molecule has 1 amide bonds. The highest BCUT2D eigenvalue weighted by molar-refractivity contribution is 7.14. The normalized spacial score (nSPS) is 10.9. The number of anilines is 2. The topological polar surface area (TPSA) is 84.8 Å². The number of hydrogen-bond acceptors (Lipinski definition) is 7. The summed E-state index contributed by atoms with van der Waals surface area (Å²) in [5.74, 6) is 0.962. The average molecular weight is 563 g/mol. The van der Waals surface area contributed by atoms with Gasteiger partial charge in [0.2, 0.25) is 0 Å². The summed E-state index contributed by atoms with van der Waals surface area (Å²) < 4.78 is 11.7. The van der Waals surface area contributed by atoms with Crippen LogP contribution >= 0.6 is 11.3 Å². The largest absolute Gasteiger partial charge is 0.490 e. The van der Waals surface area contributed by atoms with Crippen molar-refractivity contribution in [2.24, 2.45) is 5.10 Å². The molecule has 1 aromatic heterocycles. The number of carbonyl (C=O) groups excluding carboxylic acids is 1. The van der Waals surface area contributed by atoms with E-state index in [0.29, 0.717) is 30.3 Å². The van der Waals surface area contributed by atoms with Crippen LogP contribution in [0.1, 0.15) is 34.0 Å². The van der Waals surface area contributed by atoms with E-state index in [-0.39, 0.29) is 5.91 Å². The molecule has 0 aliphatic heterocycles. The molecule has 2 N–H and O–H groups in total. The van der Waals surface area contributed by atoms with Crippen LogP contribution in [0.2, 0.25) is 0 Å². The fraction of sp³-hybridized carbons (Fsp3) is 0.121. The summed E-state index contributed by atoms with van der Waals surface area (Å²) in [4.78, 5) is 17.3. The van der Waals surface area contributed by atoms with E-state index < -0.39 is 0 Å². The lowest BCUT2D eigenvalue weighted by Gasteiger charge is -2.12. The van der Waals surface area contributed by atoms with E-state index in [1.54, 1.807) is 18.3 Å². The molecular formula is C33H30N4O3S. The van der Waals surface area contributed by atoms with E-state index >= 15 is 0 Å². The monoisotopic (exact) mass is 562 g/mol. The molecule has 206 valence electrons. The Balaban J connectivity index is 1.17. The zero-order chi connectivity index (χ0) is 28.4. The van der Waals surface area contributed by atoms with Gasteiger partial charge in [-0.3, -0.25) is 4.79 Å². The van der Waals surface area contributed by atoms with Crippen molar-refractivity contribution in [3.8, 4) is 22.8 Å². The summed E-state index contributed by atoms with van der Waals surface area (Å²) in [6.07, 6.45) is 1.58. The van der Waals surface area contributed by atoms with Crippen molar-refractivity contribution >= 4 is 34.3 Å². The molecule has 41 heavy (non-hydrogen) atoms. The minimum atomic E-state index is -0.305. The maximum absolute atomic E-state index is 12.7. The second-order valence-corrected chi connectivity index (χ2v) is 10.1. The SMILES string of the molecule is CCOc1cc(/C=N\NC(=O)c2ccc(-c3csc(Nc4ccc(C)cc4)n3)cc2)ccc1OCc1ccccc1. The Morgan fingerprint density at radius 1 is 0.927 bits per heavy atom. The first-order valence-electron chi connectivity index (χ1n) is 13.2. The number of thiazole rings is 1. The van der Waals surface area contributed by atoms with Gasteiger partial charge in [0, 0.05) is 22.2 Å². The summed E-state index contributed by atoms with van der Waals surface area (Å²) in [6, 6.07) is 31.0. The number of aromatic nitrogens is 1. The van der Waals surface area contributed by atoms with Crippen LogP contribution in [0.3, 0.4) is 0 Å². The molecule has 0 unspecified atom stereocenters. The Labute approximate surface area is 243 Å². The third-order valence-electron chi connectivity index (χ3n) is 6.13. The molecule has 0 aliphatic rings. The van der Waals surface area contributed by atoms with Crippen LogP contribution in [-0.4, -0.2) is 23.7 Å². The van der Waals surface area contributed by atoms with Gasteiger partial charge in [0.05, 0.1) is 18.5 Å². The molecule has 0 radical (unpaired) electrons. The van der Waals surface area contributed by atoms with Crippen molar-refractivity contribution in [3.05, 3.63) is 125 Å². The van der Waals surface area contributed by atoms with Gasteiger partial charge in [-0.05, 0) is 67.4 Å². The van der Waals surface area contributed by atoms with Crippen LogP contribution in [-0.2, 0) is 6.61 Å². The van der Waals surface area contributed by atoms with Gasteiger partial charge in [-0.25, -0.2) is 10.4 Å². The van der Waals surface area contributed by atoms with Crippen LogP contribution in [0, 0.1) is 6.92 Å². The Morgan fingerprint density at radius 3 is 2.46 bits per heavy atom. The lowest BCUT2D eigenvalue weighted by atomic mass is 10.1. The Morgan fingerprint density at radius 2 is 1.71 bits per heavy atom. The number of nitrogens with zero attached hydrogens (tertiary/aromatic N) is 2. The molecule has 0 atom stereocenters. The molecule has 7 nitrogen and oxygen atoms in total. The molecule has 0 saturated heterocycles. The summed E-state index contributed by atoms with van der Waals surface area (Å²) in [7, 11) is 0. The molecule has 5 rings (SSSR count). The smallest absolute Gasteiger partial charge is 0.271 e. The van der Waals surface area contributed by atoms with Crippen molar-refractivity contribution < 1.29 is 14.3 Å². The van der Waals surface area contributed by atoms with E-state index in [0.717, 1.165) is 33.2 Å². The molecule has 0 aliphatic carbocycles. The molecule has 1 heterocycles. The summed E-state index contributed by atoms with van der Waals surface area (Å²) in [5.41, 5.74) is 8.90. The zero-order valence-corrected chi connectivity index (χ0v) is 23.7. The first-order chi connectivity index (χ1) is 20.1. The van der Waals surface area contributed by atoms with Gasteiger partial charge in [-0.2, -0.15) is 5.10 Å². The molecule has 5 aromatic rings. The predicted octanol–water partition coefficient (Wildman–Crippen LogP) is 7.60. The average Bonchev–Trinajstić information content (AvgIpc) is 3.47. The predicted molar refractivity (Wildman–Crippen MR) is 165 cm³/mol. The summed E-state index contributed by atoms with van der Waals surface area (Å²) >= 11 is 1.53. The first-order valence-corrected chi connectivity index (χ1v) is 14.1. The van der Waals surface area contributed by atoms with Gasteiger partial charge in [-0.1, -0.05) is 60.2 Å². The van der Waals surface area contributed by atoms with Crippen LogP contribution < -0.4 is 20.2 Å². The first kappa shape index (κ1) is 27.6. The van der Waals surface area contributed by atoms with Crippen molar-refractivity contribution in [3.63, 3.8) is 0 Å². The third kappa shape index (κ3) is 7.58. The van der Waals surface area contributed by atoms with Crippen LogP contribution in [0.25, 0.3) is 11.3 Å². The number of amides is 1. The van der Waals surface area contributed by atoms with Crippen LogP contribution in [0.5, 0.6) is 11.5 Å². The van der Waals surface area contributed by atoms with Gasteiger partial charge in [-0.15, -0.1) is 11.3 Å². The lowest BCUT2D eigenvalue weighted by molar-refractivity contribution is 0.0955. The van der Waals surface area contributed by atoms with Crippen molar-refractivity contribution in [2.75, 3.05) is 11.9 Å². The van der Waals surface area contributed by atoms with Crippen molar-refractivity contribution in [1.82, 2.24) is 10.4 Å². The van der Waals surface area contributed by atoms with Gasteiger partial charge in [0.25, 0.3) is 5.91 Å². The van der Waals surface area contributed by atoms with E-state index in [1.807, 2.05) is 85.1 Å². The van der Waals surface area contributed by atoms with Crippen molar-refractivity contribution in [1.29, 1.82) is 0 Å². The summed E-state index contributed by atoms with van der Waals surface area (Å²) in [6.45, 7) is 4.92. The number of nitrogens with one attached hydrogen (secondary N) is 2. The number of benzene rings is 4. The van der Waals surface area contributed by atoms with E-state index in [4.69, 9.17) is 9.47 Å². The number of carbonyl (C=O) groups is 1. The maximum Gasteiger partial charge on any atom is 0.271 e. The highest BCUT2D eigenvalue weighted by atomic mass is 32.1. The van der Waals surface area contributed by atoms with E-state index in [2.05, 4.69) is 39.9 Å². The van der Waals surface area contributed by atoms with Crippen LogP contribution in [0.4, 0.5) is 10.8 Å².